The molecule has 1 aliphatic heterocycles. The molecule has 2 unspecified atom stereocenters. The molecule has 0 radical (unpaired) electrons. The quantitative estimate of drug-likeness (QED) is 0.900. The third-order valence-corrected chi connectivity index (χ3v) is 3.98. The van der Waals surface area contributed by atoms with E-state index in [9.17, 15) is 4.79 Å². The first-order valence-corrected chi connectivity index (χ1v) is 7.19. The van der Waals surface area contributed by atoms with Crippen molar-refractivity contribution < 1.29 is 4.79 Å². The highest BCUT2D eigenvalue weighted by Crippen LogP contribution is 2.19. The molecule has 1 heterocycles. The number of nitrogens with zero attached hydrogens (tertiary/aromatic N) is 1. The van der Waals surface area contributed by atoms with E-state index in [0.29, 0.717) is 5.92 Å². The molecule has 1 amide bonds. The fourth-order valence-electron chi connectivity index (χ4n) is 2.77. The van der Waals surface area contributed by atoms with Gasteiger partial charge in [0.2, 0.25) is 5.91 Å². The van der Waals surface area contributed by atoms with Crippen LogP contribution < -0.4 is 5.32 Å². The first-order valence-electron chi connectivity index (χ1n) is 7.19. The Morgan fingerprint density at radius 1 is 1.42 bits per heavy atom. The van der Waals surface area contributed by atoms with Crippen molar-refractivity contribution in [2.24, 2.45) is 5.92 Å². The molecular formula is C16H24N2O. The zero-order valence-corrected chi connectivity index (χ0v) is 11.9. The topological polar surface area (TPSA) is 32.3 Å². The molecule has 2 atom stereocenters. The van der Waals surface area contributed by atoms with Crippen LogP contribution in [-0.2, 0) is 4.79 Å². The summed E-state index contributed by atoms with van der Waals surface area (Å²) in [5.41, 5.74) is 1.10. The van der Waals surface area contributed by atoms with Crippen molar-refractivity contribution in [1.29, 1.82) is 0 Å². The maximum Gasteiger partial charge on any atom is 0.229 e. The molecule has 0 bridgehead atoms. The summed E-state index contributed by atoms with van der Waals surface area (Å²) >= 11 is 0. The van der Waals surface area contributed by atoms with Crippen molar-refractivity contribution in [2.45, 2.75) is 25.7 Å². The lowest BCUT2D eigenvalue weighted by Gasteiger charge is -2.29. The largest absolute Gasteiger partial charge is 0.345 e. The van der Waals surface area contributed by atoms with Crippen LogP contribution in [0.5, 0.6) is 0 Å². The number of amides is 1. The van der Waals surface area contributed by atoms with E-state index in [-0.39, 0.29) is 11.8 Å². The molecule has 1 fully saturated rings. The zero-order chi connectivity index (χ0) is 13.7. The van der Waals surface area contributed by atoms with E-state index in [4.69, 9.17) is 0 Å². The van der Waals surface area contributed by atoms with E-state index in [1.54, 1.807) is 0 Å². The number of nitrogens with one attached hydrogen (secondary N) is 1. The Morgan fingerprint density at radius 3 is 2.79 bits per heavy atom. The summed E-state index contributed by atoms with van der Waals surface area (Å²) in [6, 6.07) is 10.0. The number of piperidine rings is 1. The molecule has 1 aromatic carbocycles. The number of likely N-dealkylation sites (N-methyl/N-ethyl adjacent to an activating group) is 1. The van der Waals surface area contributed by atoms with E-state index in [1.807, 2.05) is 49.2 Å². The van der Waals surface area contributed by atoms with Gasteiger partial charge in [0.05, 0.1) is 5.92 Å². The molecule has 3 nitrogen and oxygen atoms in total. The number of benzene rings is 1. The summed E-state index contributed by atoms with van der Waals surface area (Å²) in [6.07, 6.45) is 2.45. The first-order chi connectivity index (χ1) is 9.18. The van der Waals surface area contributed by atoms with Gasteiger partial charge in [-0.2, -0.15) is 0 Å². The second-order valence-corrected chi connectivity index (χ2v) is 5.56. The molecule has 1 aromatic rings. The van der Waals surface area contributed by atoms with E-state index in [1.165, 1.54) is 12.8 Å². The molecule has 19 heavy (non-hydrogen) atoms. The predicted molar refractivity (Wildman–Crippen MR) is 78.1 cm³/mol. The second kappa shape index (κ2) is 6.71. The van der Waals surface area contributed by atoms with Gasteiger partial charge in [-0.1, -0.05) is 30.3 Å². The highest BCUT2D eigenvalue weighted by atomic mass is 16.2. The fraction of sp³-hybridized carbons (Fsp3) is 0.562. The molecule has 2 rings (SSSR count). The third-order valence-electron chi connectivity index (χ3n) is 3.98. The van der Waals surface area contributed by atoms with Crippen molar-refractivity contribution in [1.82, 2.24) is 10.2 Å². The van der Waals surface area contributed by atoms with Gasteiger partial charge >= 0.3 is 0 Å². The average Bonchev–Trinajstić information content (AvgIpc) is 2.47. The maximum absolute atomic E-state index is 12.4. The fourth-order valence-corrected chi connectivity index (χ4v) is 2.77. The van der Waals surface area contributed by atoms with E-state index < -0.39 is 0 Å². The molecule has 1 saturated heterocycles. The van der Waals surface area contributed by atoms with Gasteiger partial charge in [-0.25, -0.2) is 0 Å². The van der Waals surface area contributed by atoms with Crippen molar-refractivity contribution in [3.63, 3.8) is 0 Å². The van der Waals surface area contributed by atoms with Crippen molar-refractivity contribution >= 4 is 5.91 Å². The minimum Gasteiger partial charge on any atom is -0.345 e. The smallest absolute Gasteiger partial charge is 0.229 e. The van der Waals surface area contributed by atoms with Gasteiger partial charge in [-0.05, 0) is 44.3 Å². The standard InChI is InChI=1S/C16H24N2O/c1-13(15-8-4-3-5-9-15)16(19)18(2)12-14-7-6-10-17-11-14/h3-5,8-9,13-14,17H,6-7,10-12H2,1-2H3. The number of carbonyl (C=O) groups excluding carboxylic acids is 1. The third kappa shape index (κ3) is 3.80. The molecule has 104 valence electrons. The summed E-state index contributed by atoms with van der Waals surface area (Å²) in [7, 11) is 1.93. The monoisotopic (exact) mass is 260 g/mol. The molecule has 1 aliphatic rings. The number of hydrogen-bond acceptors (Lipinski definition) is 2. The molecule has 0 spiro atoms. The summed E-state index contributed by atoms with van der Waals surface area (Å²) in [5.74, 6) is 0.769. The van der Waals surface area contributed by atoms with Crippen molar-refractivity contribution in [3.8, 4) is 0 Å². The minimum atomic E-state index is -0.0530. The Morgan fingerprint density at radius 2 is 2.16 bits per heavy atom. The Kier molecular flexibility index (Phi) is 4.97. The molecule has 1 N–H and O–H groups in total. The highest BCUT2D eigenvalue weighted by Gasteiger charge is 2.22. The lowest BCUT2D eigenvalue weighted by atomic mass is 9.97. The van der Waals surface area contributed by atoms with Gasteiger partial charge < -0.3 is 10.2 Å². The van der Waals surface area contributed by atoms with Crippen LogP contribution in [0.3, 0.4) is 0 Å². The Bertz CT molecular complexity index is 398. The van der Waals surface area contributed by atoms with Gasteiger partial charge in [-0.3, -0.25) is 4.79 Å². The molecule has 0 saturated carbocycles. The van der Waals surface area contributed by atoms with Gasteiger partial charge in [0.25, 0.3) is 0 Å². The highest BCUT2D eigenvalue weighted by molar-refractivity contribution is 5.83. The summed E-state index contributed by atoms with van der Waals surface area (Å²) in [6.45, 7) is 5.02. The van der Waals surface area contributed by atoms with E-state index in [2.05, 4.69) is 5.32 Å². The predicted octanol–water partition coefficient (Wildman–Crippen LogP) is 2.25. The average molecular weight is 260 g/mol. The maximum atomic E-state index is 12.4. The minimum absolute atomic E-state index is 0.0530. The van der Waals surface area contributed by atoms with E-state index >= 15 is 0 Å². The zero-order valence-electron chi connectivity index (χ0n) is 11.9. The van der Waals surface area contributed by atoms with Crippen LogP contribution >= 0.6 is 0 Å². The Hall–Kier alpha value is -1.35. The molecule has 0 aliphatic carbocycles. The first kappa shape index (κ1) is 14.1. The van der Waals surface area contributed by atoms with Gasteiger partial charge in [0.15, 0.2) is 0 Å². The van der Waals surface area contributed by atoms with Crippen LogP contribution in [0.15, 0.2) is 30.3 Å². The second-order valence-electron chi connectivity index (χ2n) is 5.56. The van der Waals surface area contributed by atoms with Crippen molar-refractivity contribution in [3.05, 3.63) is 35.9 Å². The van der Waals surface area contributed by atoms with Crippen LogP contribution in [0, 0.1) is 5.92 Å². The number of hydrogen-bond donors (Lipinski definition) is 1. The molecular weight excluding hydrogens is 236 g/mol. The number of carbonyl (C=O) groups is 1. The van der Waals surface area contributed by atoms with Crippen LogP contribution in [0.1, 0.15) is 31.2 Å². The molecule has 3 heteroatoms. The summed E-state index contributed by atoms with van der Waals surface area (Å²) < 4.78 is 0. The van der Waals surface area contributed by atoms with Crippen LogP contribution in [0.4, 0.5) is 0 Å². The Balaban J connectivity index is 1.91. The summed E-state index contributed by atoms with van der Waals surface area (Å²) in [5, 5.41) is 3.40. The normalized spacial score (nSPS) is 20.8. The van der Waals surface area contributed by atoms with Crippen LogP contribution in [-0.4, -0.2) is 37.5 Å². The Labute approximate surface area is 116 Å². The van der Waals surface area contributed by atoms with E-state index in [0.717, 1.165) is 25.2 Å². The molecule has 0 aromatic heterocycles. The van der Waals surface area contributed by atoms with Crippen LogP contribution in [0.2, 0.25) is 0 Å². The lowest BCUT2D eigenvalue weighted by Crippen LogP contribution is -2.40. The van der Waals surface area contributed by atoms with Crippen molar-refractivity contribution in [2.75, 3.05) is 26.7 Å². The van der Waals surface area contributed by atoms with Crippen LogP contribution in [0.25, 0.3) is 0 Å². The SMILES string of the molecule is CC(C(=O)N(C)CC1CCCNC1)c1ccccc1. The van der Waals surface area contributed by atoms with Gasteiger partial charge in [0.1, 0.15) is 0 Å². The summed E-state index contributed by atoms with van der Waals surface area (Å²) in [4.78, 5) is 14.3. The van der Waals surface area contributed by atoms with Gasteiger partial charge in [0, 0.05) is 13.6 Å². The number of rotatable bonds is 4. The lowest BCUT2D eigenvalue weighted by molar-refractivity contribution is -0.131. The van der Waals surface area contributed by atoms with Gasteiger partial charge in [-0.15, -0.1) is 0 Å².